The van der Waals surface area contributed by atoms with Gasteiger partial charge >= 0.3 is 0 Å². The molecule has 1 saturated heterocycles. The first-order valence-electron chi connectivity index (χ1n) is 10.8. The van der Waals surface area contributed by atoms with Gasteiger partial charge in [-0.3, -0.25) is 4.99 Å². The average Bonchev–Trinajstić information content (AvgIpc) is 3.06. The molecule has 4 rings (SSSR count). The predicted molar refractivity (Wildman–Crippen MR) is 122 cm³/mol. The molecule has 3 N–H and O–H groups in total. The molecule has 1 aromatic rings. The smallest absolute Gasteiger partial charge is 0.239 e. The van der Waals surface area contributed by atoms with Crippen LogP contribution in [0.1, 0.15) is 69.8 Å². The lowest BCUT2D eigenvalue weighted by molar-refractivity contribution is -0.0737. The van der Waals surface area contributed by atoms with Crippen molar-refractivity contribution in [1.82, 2.24) is 4.90 Å². The number of rotatable bonds is 4. The summed E-state index contributed by atoms with van der Waals surface area (Å²) in [5.41, 5.74) is -0.827. The standard InChI is InChI=1S/C21H30ClN3O3S2/c22-18-12-11-15(13-19(18)30(23,27)28)21(26)14-29-20(24-16-7-3-1-4-8-16)25(21)17-9-5-2-6-10-17/h11-13,16-17,26H,1-10,14H2,(H2,23,27,28). The number of thioether (sulfide) groups is 1. The highest BCUT2D eigenvalue weighted by atomic mass is 35.5. The van der Waals surface area contributed by atoms with E-state index in [0.717, 1.165) is 43.7 Å². The average molecular weight is 472 g/mol. The van der Waals surface area contributed by atoms with Crippen LogP contribution in [0.15, 0.2) is 28.1 Å². The topological polar surface area (TPSA) is 96.0 Å². The quantitative estimate of drug-likeness (QED) is 0.685. The molecule has 0 radical (unpaired) electrons. The SMILES string of the molecule is NS(=O)(=O)c1cc(C2(O)CSC(=NC3CCCCC3)N2C2CCCCC2)ccc1Cl. The van der Waals surface area contributed by atoms with Gasteiger partial charge in [-0.05, 0) is 37.8 Å². The number of hydrogen-bond acceptors (Lipinski definition) is 5. The molecule has 166 valence electrons. The summed E-state index contributed by atoms with van der Waals surface area (Å²) in [4.78, 5) is 7.00. The fraction of sp³-hybridized carbons (Fsp3) is 0.667. The summed E-state index contributed by atoms with van der Waals surface area (Å²) in [5.74, 6) is 0.404. The van der Waals surface area contributed by atoms with Gasteiger partial charge in [0.25, 0.3) is 0 Å². The zero-order chi connectivity index (χ0) is 21.4. The molecule has 1 unspecified atom stereocenters. The van der Waals surface area contributed by atoms with E-state index >= 15 is 0 Å². The van der Waals surface area contributed by atoms with Crippen LogP contribution in [0.4, 0.5) is 0 Å². The van der Waals surface area contributed by atoms with Crippen molar-refractivity contribution in [3.05, 3.63) is 28.8 Å². The number of aliphatic imine (C=N–C) groups is 1. The van der Waals surface area contributed by atoms with Crippen molar-refractivity contribution < 1.29 is 13.5 Å². The van der Waals surface area contributed by atoms with Crippen molar-refractivity contribution in [2.24, 2.45) is 10.1 Å². The molecule has 0 amide bonds. The summed E-state index contributed by atoms with van der Waals surface area (Å²) in [7, 11) is -3.99. The number of amidine groups is 1. The van der Waals surface area contributed by atoms with Gasteiger partial charge in [-0.15, -0.1) is 0 Å². The van der Waals surface area contributed by atoms with E-state index in [0.29, 0.717) is 17.4 Å². The third-order valence-corrected chi connectivity index (χ3v) is 9.01. The van der Waals surface area contributed by atoms with E-state index in [1.165, 1.54) is 37.8 Å². The number of halogens is 1. The number of primary sulfonamides is 1. The molecule has 1 atom stereocenters. The molecule has 0 bridgehead atoms. The molecule has 1 heterocycles. The highest BCUT2D eigenvalue weighted by Gasteiger charge is 2.48. The third kappa shape index (κ3) is 4.53. The van der Waals surface area contributed by atoms with E-state index in [9.17, 15) is 13.5 Å². The van der Waals surface area contributed by atoms with Gasteiger partial charge < -0.3 is 10.0 Å². The van der Waals surface area contributed by atoms with Crippen LogP contribution in [0.5, 0.6) is 0 Å². The second-order valence-corrected chi connectivity index (χ2v) is 11.5. The first-order chi connectivity index (χ1) is 14.3. The Kier molecular flexibility index (Phi) is 6.70. The van der Waals surface area contributed by atoms with Crippen LogP contribution in [0.3, 0.4) is 0 Å². The monoisotopic (exact) mass is 471 g/mol. The Labute approximate surface area is 188 Å². The zero-order valence-corrected chi connectivity index (χ0v) is 19.5. The number of hydrogen-bond donors (Lipinski definition) is 2. The van der Waals surface area contributed by atoms with Crippen LogP contribution < -0.4 is 5.14 Å². The van der Waals surface area contributed by atoms with Gasteiger partial charge in [0.05, 0.1) is 16.8 Å². The second kappa shape index (κ2) is 8.98. The van der Waals surface area contributed by atoms with Gasteiger partial charge in [0.15, 0.2) is 10.9 Å². The predicted octanol–water partition coefficient (Wildman–Crippen LogP) is 4.20. The van der Waals surface area contributed by atoms with E-state index < -0.39 is 15.7 Å². The highest BCUT2D eigenvalue weighted by Crippen LogP contribution is 2.44. The van der Waals surface area contributed by atoms with E-state index in [4.69, 9.17) is 21.7 Å². The van der Waals surface area contributed by atoms with Gasteiger partial charge in [0.1, 0.15) is 4.90 Å². The van der Waals surface area contributed by atoms with Gasteiger partial charge in [0.2, 0.25) is 10.0 Å². The maximum Gasteiger partial charge on any atom is 0.239 e. The largest absolute Gasteiger partial charge is 0.366 e. The van der Waals surface area contributed by atoms with E-state index in [2.05, 4.69) is 4.90 Å². The summed E-state index contributed by atoms with van der Waals surface area (Å²) < 4.78 is 24.0. The molecule has 9 heteroatoms. The van der Waals surface area contributed by atoms with Gasteiger partial charge in [-0.25, -0.2) is 13.6 Å². The van der Waals surface area contributed by atoms with E-state index in [1.54, 1.807) is 17.8 Å². The van der Waals surface area contributed by atoms with E-state index in [1.807, 2.05) is 0 Å². The highest BCUT2D eigenvalue weighted by molar-refractivity contribution is 8.14. The molecule has 30 heavy (non-hydrogen) atoms. The summed E-state index contributed by atoms with van der Waals surface area (Å²) in [6.45, 7) is 0. The fourth-order valence-electron chi connectivity index (χ4n) is 4.92. The number of aliphatic hydroxyl groups is 1. The minimum absolute atomic E-state index is 0.0656. The summed E-state index contributed by atoms with van der Waals surface area (Å²) in [6, 6.07) is 5.14. The maximum absolute atomic E-state index is 12.0. The van der Waals surface area contributed by atoms with Crippen molar-refractivity contribution in [2.75, 3.05) is 5.75 Å². The molecule has 1 aromatic carbocycles. The first kappa shape index (κ1) is 22.4. The number of sulfonamides is 1. The van der Waals surface area contributed by atoms with Gasteiger partial charge in [-0.1, -0.05) is 68.0 Å². The van der Waals surface area contributed by atoms with Crippen molar-refractivity contribution in [3.63, 3.8) is 0 Å². The van der Waals surface area contributed by atoms with E-state index in [-0.39, 0.29) is 16.0 Å². The maximum atomic E-state index is 12.0. The van der Waals surface area contributed by atoms with Crippen molar-refractivity contribution >= 4 is 38.6 Å². The van der Waals surface area contributed by atoms with Crippen LogP contribution in [0.25, 0.3) is 0 Å². The minimum atomic E-state index is -3.99. The molecule has 2 aliphatic carbocycles. The first-order valence-corrected chi connectivity index (χ1v) is 13.8. The molecule has 0 spiro atoms. The molecule has 6 nitrogen and oxygen atoms in total. The van der Waals surface area contributed by atoms with Crippen LogP contribution in [0, 0.1) is 0 Å². The number of nitrogens with zero attached hydrogens (tertiary/aromatic N) is 2. The Morgan fingerprint density at radius 1 is 1.10 bits per heavy atom. The Morgan fingerprint density at radius 2 is 1.73 bits per heavy atom. The Hall–Kier alpha value is -0.800. The summed E-state index contributed by atoms with van der Waals surface area (Å²) in [6.07, 6.45) is 11.3. The van der Waals surface area contributed by atoms with Crippen molar-refractivity contribution in [1.29, 1.82) is 0 Å². The Balaban J connectivity index is 1.74. The molecular weight excluding hydrogens is 442 g/mol. The van der Waals surface area contributed by atoms with Crippen LogP contribution in [0.2, 0.25) is 5.02 Å². The number of benzene rings is 1. The van der Waals surface area contributed by atoms with Crippen molar-refractivity contribution in [2.45, 2.75) is 86.9 Å². The lowest BCUT2D eigenvalue weighted by atomic mass is 9.91. The third-order valence-electron chi connectivity index (χ3n) is 6.51. The normalized spacial score (nSPS) is 28.4. The zero-order valence-electron chi connectivity index (χ0n) is 17.1. The molecule has 3 aliphatic rings. The Bertz CT molecular complexity index is 912. The van der Waals surface area contributed by atoms with Gasteiger partial charge in [-0.2, -0.15) is 0 Å². The molecule has 1 aliphatic heterocycles. The second-order valence-electron chi connectivity index (χ2n) is 8.66. The minimum Gasteiger partial charge on any atom is -0.366 e. The molecule has 2 saturated carbocycles. The molecule has 0 aromatic heterocycles. The summed E-state index contributed by atoms with van der Waals surface area (Å²) in [5, 5.41) is 18.2. The van der Waals surface area contributed by atoms with Crippen LogP contribution in [-0.4, -0.2) is 41.4 Å². The Morgan fingerprint density at radius 3 is 2.37 bits per heavy atom. The molecule has 3 fully saturated rings. The van der Waals surface area contributed by atoms with Crippen molar-refractivity contribution in [3.8, 4) is 0 Å². The fourth-order valence-corrected chi connectivity index (χ4v) is 7.29. The molecular formula is C21H30ClN3O3S2. The lowest BCUT2D eigenvalue weighted by Crippen LogP contribution is -2.51. The number of nitrogens with two attached hydrogens (primary N) is 1. The lowest BCUT2D eigenvalue weighted by Gasteiger charge is -2.42. The van der Waals surface area contributed by atoms with Gasteiger partial charge in [0, 0.05) is 11.6 Å². The van der Waals surface area contributed by atoms with Crippen LogP contribution in [-0.2, 0) is 15.7 Å². The van der Waals surface area contributed by atoms with Crippen LogP contribution >= 0.6 is 23.4 Å². The summed E-state index contributed by atoms with van der Waals surface area (Å²) >= 11 is 7.66.